The maximum absolute atomic E-state index is 12.7. The molecule has 132 valence electrons. The van der Waals surface area contributed by atoms with E-state index in [9.17, 15) is 8.42 Å². The predicted octanol–water partition coefficient (Wildman–Crippen LogP) is 2.90. The molecule has 1 heterocycles. The Morgan fingerprint density at radius 2 is 1.96 bits per heavy atom. The second-order valence-electron chi connectivity index (χ2n) is 6.59. The first kappa shape index (κ1) is 19.1. The second kappa shape index (κ2) is 7.35. The smallest absolute Gasteiger partial charge is 0.242 e. The third kappa shape index (κ3) is 4.06. The van der Waals surface area contributed by atoms with Crippen LogP contribution in [-0.4, -0.2) is 25.5 Å². The van der Waals surface area contributed by atoms with Crippen LogP contribution < -0.4 is 10.5 Å². The minimum Gasteiger partial charge on any atom is -0.324 e. The van der Waals surface area contributed by atoms with Crippen molar-refractivity contribution in [3.05, 3.63) is 36.0 Å². The van der Waals surface area contributed by atoms with Crippen LogP contribution in [0.15, 0.2) is 35.4 Å². The van der Waals surface area contributed by atoms with E-state index >= 15 is 0 Å². The molecule has 0 unspecified atom stereocenters. The van der Waals surface area contributed by atoms with Gasteiger partial charge in [-0.2, -0.15) is 0 Å². The van der Waals surface area contributed by atoms with Gasteiger partial charge < -0.3 is 5.73 Å². The number of halogens is 1. The summed E-state index contributed by atoms with van der Waals surface area (Å²) in [5.41, 5.74) is 7.41. The molecular formula is C17H24ClN3O2S. The molecule has 0 aliphatic heterocycles. The predicted molar refractivity (Wildman–Crippen MR) is 98.9 cm³/mol. The molecule has 0 atom stereocenters. The zero-order chi connectivity index (χ0) is 16.5. The Balaban J connectivity index is 0.00000208. The number of hydrogen-bond donors (Lipinski definition) is 2. The summed E-state index contributed by atoms with van der Waals surface area (Å²) in [5.74, 6) is 0. The number of benzene rings is 1. The van der Waals surface area contributed by atoms with E-state index < -0.39 is 15.6 Å². The van der Waals surface area contributed by atoms with Gasteiger partial charge in [0, 0.05) is 23.7 Å². The first-order valence-corrected chi connectivity index (χ1v) is 9.52. The Morgan fingerprint density at radius 3 is 2.67 bits per heavy atom. The summed E-state index contributed by atoms with van der Waals surface area (Å²) in [6.07, 6.45) is 6.72. The van der Waals surface area contributed by atoms with E-state index in [2.05, 4.69) is 9.71 Å². The van der Waals surface area contributed by atoms with Gasteiger partial charge in [0.25, 0.3) is 0 Å². The zero-order valence-corrected chi connectivity index (χ0v) is 15.4. The summed E-state index contributed by atoms with van der Waals surface area (Å²) in [4.78, 5) is 4.53. The Labute approximate surface area is 149 Å². The molecule has 0 saturated heterocycles. The molecule has 0 amide bonds. The van der Waals surface area contributed by atoms with E-state index in [1.165, 1.54) is 6.42 Å². The standard InChI is InChI=1S/C17H23N3O2S.ClH/c1-13-10-14-6-5-7-15(16(14)19-11-13)23(21,22)20-12-17(18)8-3-2-4-9-17;/h5-7,10-11,20H,2-4,8-9,12,18H2,1H3;1H. The molecule has 3 N–H and O–H groups in total. The van der Waals surface area contributed by atoms with Gasteiger partial charge in [-0.15, -0.1) is 12.4 Å². The highest BCUT2D eigenvalue weighted by Gasteiger charge is 2.29. The summed E-state index contributed by atoms with van der Waals surface area (Å²) in [6, 6.07) is 7.15. The number of aryl methyl sites for hydroxylation is 1. The lowest BCUT2D eigenvalue weighted by molar-refractivity contribution is 0.296. The summed E-state index contributed by atoms with van der Waals surface area (Å²) < 4.78 is 28.1. The highest BCUT2D eigenvalue weighted by atomic mass is 35.5. The fraction of sp³-hybridized carbons (Fsp3) is 0.471. The SMILES string of the molecule is Cc1cnc2c(S(=O)(=O)NCC3(N)CCCCC3)cccc2c1.Cl. The maximum atomic E-state index is 12.7. The van der Waals surface area contributed by atoms with E-state index in [0.717, 1.165) is 36.6 Å². The highest BCUT2D eigenvalue weighted by molar-refractivity contribution is 7.89. The number of fused-ring (bicyclic) bond motifs is 1. The zero-order valence-electron chi connectivity index (χ0n) is 13.8. The van der Waals surface area contributed by atoms with Gasteiger partial charge in [0.15, 0.2) is 0 Å². The average molecular weight is 370 g/mol. The van der Waals surface area contributed by atoms with E-state index in [-0.39, 0.29) is 23.8 Å². The number of pyridine rings is 1. The lowest BCUT2D eigenvalue weighted by atomic mass is 9.83. The van der Waals surface area contributed by atoms with Crippen LogP contribution >= 0.6 is 12.4 Å². The van der Waals surface area contributed by atoms with Gasteiger partial charge in [0.1, 0.15) is 4.90 Å². The number of hydrogen-bond acceptors (Lipinski definition) is 4. The number of nitrogens with one attached hydrogen (secondary N) is 1. The Morgan fingerprint density at radius 1 is 1.25 bits per heavy atom. The van der Waals surface area contributed by atoms with Crippen molar-refractivity contribution >= 4 is 33.3 Å². The van der Waals surface area contributed by atoms with Crippen molar-refractivity contribution in [2.75, 3.05) is 6.54 Å². The Bertz CT molecular complexity index is 818. The minimum atomic E-state index is -3.63. The molecule has 1 aromatic carbocycles. The van der Waals surface area contributed by atoms with Gasteiger partial charge in [-0.05, 0) is 37.5 Å². The van der Waals surface area contributed by atoms with Crippen molar-refractivity contribution in [1.29, 1.82) is 0 Å². The number of sulfonamides is 1. The molecule has 1 aliphatic rings. The van der Waals surface area contributed by atoms with Crippen molar-refractivity contribution in [2.24, 2.45) is 5.73 Å². The van der Waals surface area contributed by atoms with Gasteiger partial charge in [0.05, 0.1) is 5.52 Å². The van der Waals surface area contributed by atoms with Crippen LogP contribution in [0.2, 0.25) is 0 Å². The summed E-state index contributed by atoms with van der Waals surface area (Å²) in [7, 11) is -3.63. The van der Waals surface area contributed by atoms with Crippen LogP contribution in [0.4, 0.5) is 0 Å². The third-order valence-electron chi connectivity index (χ3n) is 4.56. The molecule has 1 aliphatic carbocycles. The van der Waals surface area contributed by atoms with Gasteiger partial charge in [0.2, 0.25) is 10.0 Å². The molecular weight excluding hydrogens is 346 g/mol. The number of rotatable bonds is 4. The van der Waals surface area contributed by atoms with Gasteiger partial charge in [-0.25, -0.2) is 13.1 Å². The van der Waals surface area contributed by atoms with Crippen LogP contribution in [0.5, 0.6) is 0 Å². The average Bonchev–Trinajstić information content (AvgIpc) is 2.53. The van der Waals surface area contributed by atoms with E-state index in [1.54, 1.807) is 18.3 Å². The third-order valence-corrected chi connectivity index (χ3v) is 6.00. The van der Waals surface area contributed by atoms with E-state index in [4.69, 9.17) is 5.73 Å². The number of nitrogens with two attached hydrogens (primary N) is 1. The van der Waals surface area contributed by atoms with Crippen molar-refractivity contribution in [3.63, 3.8) is 0 Å². The molecule has 0 bridgehead atoms. The molecule has 24 heavy (non-hydrogen) atoms. The molecule has 1 fully saturated rings. The van der Waals surface area contributed by atoms with Crippen LogP contribution in [0, 0.1) is 6.92 Å². The fourth-order valence-corrected chi connectivity index (χ4v) is 4.52. The Hall–Kier alpha value is -1.21. The van der Waals surface area contributed by atoms with Crippen molar-refractivity contribution in [3.8, 4) is 0 Å². The fourth-order valence-electron chi connectivity index (χ4n) is 3.21. The van der Waals surface area contributed by atoms with Crippen molar-refractivity contribution < 1.29 is 8.42 Å². The molecule has 1 saturated carbocycles. The number of para-hydroxylation sites is 1. The number of nitrogens with zero attached hydrogens (tertiary/aromatic N) is 1. The number of aromatic nitrogens is 1. The molecule has 0 radical (unpaired) electrons. The summed E-state index contributed by atoms with van der Waals surface area (Å²) in [5, 5.41) is 0.827. The van der Waals surface area contributed by atoms with Crippen LogP contribution in [0.3, 0.4) is 0 Å². The monoisotopic (exact) mass is 369 g/mol. The van der Waals surface area contributed by atoms with E-state index in [0.29, 0.717) is 5.52 Å². The Kier molecular flexibility index (Phi) is 5.86. The normalized spacial score (nSPS) is 17.4. The van der Waals surface area contributed by atoms with E-state index in [1.807, 2.05) is 19.1 Å². The topological polar surface area (TPSA) is 85.1 Å². The lowest BCUT2D eigenvalue weighted by Gasteiger charge is -2.33. The van der Waals surface area contributed by atoms with Gasteiger partial charge >= 0.3 is 0 Å². The van der Waals surface area contributed by atoms with Gasteiger partial charge in [-0.3, -0.25) is 4.98 Å². The van der Waals surface area contributed by atoms with Crippen molar-refractivity contribution in [2.45, 2.75) is 49.5 Å². The van der Waals surface area contributed by atoms with Crippen LogP contribution in [0.1, 0.15) is 37.7 Å². The largest absolute Gasteiger partial charge is 0.324 e. The van der Waals surface area contributed by atoms with Crippen LogP contribution in [0.25, 0.3) is 10.9 Å². The summed E-state index contributed by atoms with van der Waals surface area (Å²) in [6.45, 7) is 2.21. The summed E-state index contributed by atoms with van der Waals surface area (Å²) >= 11 is 0. The molecule has 0 spiro atoms. The second-order valence-corrected chi connectivity index (χ2v) is 8.32. The highest BCUT2D eigenvalue weighted by Crippen LogP contribution is 2.26. The molecule has 1 aromatic heterocycles. The first-order chi connectivity index (χ1) is 10.9. The van der Waals surface area contributed by atoms with Crippen LogP contribution in [-0.2, 0) is 10.0 Å². The van der Waals surface area contributed by atoms with Crippen molar-refractivity contribution in [1.82, 2.24) is 9.71 Å². The molecule has 2 aromatic rings. The molecule has 3 rings (SSSR count). The maximum Gasteiger partial charge on any atom is 0.242 e. The first-order valence-electron chi connectivity index (χ1n) is 8.04. The minimum absolute atomic E-state index is 0. The quantitative estimate of drug-likeness (QED) is 0.867. The molecule has 5 nitrogen and oxygen atoms in total. The van der Waals surface area contributed by atoms with Gasteiger partial charge in [-0.1, -0.05) is 31.4 Å². The molecule has 7 heteroatoms. The lowest BCUT2D eigenvalue weighted by Crippen LogP contribution is -2.51.